The predicted molar refractivity (Wildman–Crippen MR) is 56.8 cm³/mol. The third-order valence-electron chi connectivity index (χ3n) is 3.38. The molecule has 0 aromatic carbocycles. The summed E-state index contributed by atoms with van der Waals surface area (Å²) < 4.78 is 0. The molecule has 0 unspecified atom stereocenters. The van der Waals surface area contributed by atoms with Crippen LogP contribution in [-0.4, -0.2) is 40.3 Å². The lowest BCUT2D eigenvalue weighted by atomic mass is 10.1. The van der Waals surface area contributed by atoms with Crippen molar-refractivity contribution in [2.75, 3.05) is 6.54 Å². The quantitative estimate of drug-likeness (QED) is 0.704. The van der Waals surface area contributed by atoms with Crippen molar-refractivity contribution in [1.29, 1.82) is 0 Å². The lowest BCUT2D eigenvalue weighted by molar-refractivity contribution is -0.119. The van der Waals surface area contributed by atoms with Gasteiger partial charge < -0.3 is 15.2 Å². The normalized spacial score (nSPS) is 28.0. The molecule has 2 amide bonds. The Labute approximate surface area is 92.8 Å². The van der Waals surface area contributed by atoms with Crippen molar-refractivity contribution in [1.82, 2.24) is 15.2 Å². The number of aromatic amines is 1. The first-order chi connectivity index (χ1) is 7.75. The van der Waals surface area contributed by atoms with E-state index in [-0.39, 0.29) is 23.9 Å². The third-order valence-corrected chi connectivity index (χ3v) is 3.38. The second kappa shape index (κ2) is 3.37. The molecule has 0 spiro atoms. The number of carbonyl (C=O) groups excluding carboxylic acids is 2. The maximum atomic E-state index is 12.1. The monoisotopic (exact) mass is 219 g/mol. The fraction of sp³-hybridized carbons (Fsp3) is 0.455. The summed E-state index contributed by atoms with van der Waals surface area (Å²) in [5, 5.41) is 2.90. The van der Waals surface area contributed by atoms with Crippen molar-refractivity contribution in [2.45, 2.75) is 24.9 Å². The summed E-state index contributed by atoms with van der Waals surface area (Å²) in [5.74, 6) is 0.0491. The van der Waals surface area contributed by atoms with Gasteiger partial charge >= 0.3 is 0 Å². The number of aromatic nitrogens is 1. The summed E-state index contributed by atoms with van der Waals surface area (Å²) in [6, 6.07) is 3.77. The van der Waals surface area contributed by atoms with Crippen LogP contribution >= 0.6 is 0 Å². The molecule has 0 aliphatic carbocycles. The number of H-pyrrole nitrogens is 1. The Bertz CT molecular complexity index is 426. The van der Waals surface area contributed by atoms with E-state index in [0.29, 0.717) is 12.1 Å². The van der Waals surface area contributed by atoms with Gasteiger partial charge in [-0.25, -0.2) is 0 Å². The molecule has 3 heterocycles. The zero-order chi connectivity index (χ0) is 11.1. The van der Waals surface area contributed by atoms with Crippen LogP contribution in [0, 0.1) is 0 Å². The molecule has 2 atom stereocenters. The molecule has 3 rings (SSSR count). The standard InChI is InChI=1S/C11H13N3O2/c15-10-6-9-7(13-10)3-5-14(9)11(16)8-2-1-4-12-8/h1-2,4,7,9,12H,3,5-6H2,(H,13,15)/t7-,9+/m0/s1. The molecular formula is C11H13N3O2. The molecule has 84 valence electrons. The molecular weight excluding hydrogens is 206 g/mol. The minimum atomic E-state index is -0.00556. The van der Waals surface area contributed by atoms with E-state index in [0.717, 1.165) is 13.0 Å². The number of hydrogen-bond donors (Lipinski definition) is 2. The van der Waals surface area contributed by atoms with Gasteiger partial charge in [-0.3, -0.25) is 9.59 Å². The maximum Gasteiger partial charge on any atom is 0.270 e. The van der Waals surface area contributed by atoms with E-state index in [1.807, 2.05) is 0 Å². The largest absolute Gasteiger partial charge is 0.357 e. The van der Waals surface area contributed by atoms with Gasteiger partial charge in [-0.2, -0.15) is 0 Å². The lowest BCUT2D eigenvalue weighted by Crippen LogP contribution is -2.38. The van der Waals surface area contributed by atoms with E-state index in [9.17, 15) is 9.59 Å². The van der Waals surface area contributed by atoms with Gasteiger partial charge in [-0.1, -0.05) is 0 Å². The molecule has 2 N–H and O–H groups in total. The van der Waals surface area contributed by atoms with Crippen molar-refractivity contribution in [3.63, 3.8) is 0 Å². The highest BCUT2D eigenvalue weighted by molar-refractivity contribution is 5.94. The van der Waals surface area contributed by atoms with Crippen LogP contribution in [0.1, 0.15) is 23.3 Å². The van der Waals surface area contributed by atoms with Crippen LogP contribution in [0.4, 0.5) is 0 Å². The SMILES string of the molecule is O=C1C[C@@H]2[C@H](CCN2C(=O)c2ccc[nH]2)N1. The Kier molecular flexibility index (Phi) is 1.99. The second-order valence-corrected chi connectivity index (χ2v) is 4.32. The number of carbonyl (C=O) groups is 2. The number of likely N-dealkylation sites (tertiary alicyclic amines) is 1. The third kappa shape index (κ3) is 1.31. The summed E-state index contributed by atoms with van der Waals surface area (Å²) in [4.78, 5) is 28.1. The molecule has 2 fully saturated rings. The highest BCUT2D eigenvalue weighted by Gasteiger charge is 2.43. The average molecular weight is 219 g/mol. The lowest BCUT2D eigenvalue weighted by Gasteiger charge is -2.21. The number of rotatable bonds is 1. The van der Waals surface area contributed by atoms with E-state index < -0.39 is 0 Å². The zero-order valence-corrected chi connectivity index (χ0v) is 8.77. The molecule has 2 saturated heterocycles. The number of fused-ring (bicyclic) bond motifs is 1. The first kappa shape index (κ1) is 9.45. The molecule has 5 nitrogen and oxygen atoms in total. The smallest absolute Gasteiger partial charge is 0.270 e. The first-order valence-corrected chi connectivity index (χ1v) is 5.49. The maximum absolute atomic E-state index is 12.1. The van der Waals surface area contributed by atoms with Crippen LogP contribution in [0.3, 0.4) is 0 Å². The zero-order valence-electron chi connectivity index (χ0n) is 8.77. The summed E-state index contributed by atoms with van der Waals surface area (Å²) in [6.07, 6.45) is 3.04. The van der Waals surface area contributed by atoms with Gasteiger partial charge in [0.25, 0.3) is 5.91 Å². The van der Waals surface area contributed by atoms with Crippen molar-refractivity contribution in [2.24, 2.45) is 0 Å². The van der Waals surface area contributed by atoms with Gasteiger partial charge in [-0.05, 0) is 18.6 Å². The van der Waals surface area contributed by atoms with Crippen molar-refractivity contribution < 1.29 is 9.59 Å². The summed E-state index contributed by atoms with van der Waals surface area (Å²) in [6.45, 7) is 0.730. The second-order valence-electron chi connectivity index (χ2n) is 4.32. The molecule has 1 aromatic heterocycles. The van der Waals surface area contributed by atoms with E-state index in [4.69, 9.17) is 0 Å². The Morgan fingerprint density at radius 1 is 1.50 bits per heavy atom. The first-order valence-electron chi connectivity index (χ1n) is 5.49. The Balaban J connectivity index is 1.81. The van der Waals surface area contributed by atoms with Crippen LogP contribution < -0.4 is 5.32 Å². The number of amides is 2. The van der Waals surface area contributed by atoms with Gasteiger partial charge in [-0.15, -0.1) is 0 Å². The van der Waals surface area contributed by atoms with Crippen LogP contribution in [0.25, 0.3) is 0 Å². The summed E-state index contributed by atoms with van der Waals surface area (Å²) in [7, 11) is 0. The number of nitrogens with zero attached hydrogens (tertiary/aromatic N) is 1. The molecule has 5 heteroatoms. The van der Waals surface area contributed by atoms with Crippen LogP contribution in [-0.2, 0) is 4.79 Å². The van der Waals surface area contributed by atoms with E-state index >= 15 is 0 Å². The molecule has 2 aliphatic heterocycles. The molecule has 16 heavy (non-hydrogen) atoms. The van der Waals surface area contributed by atoms with Crippen molar-refractivity contribution in [3.8, 4) is 0 Å². The molecule has 1 aromatic rings. The van der Waals surface area contributed by atoms with Gasteiger partial charge in [0, 0.05) is 19.2 Å². The number of nitrogens with one attached hydrogen (secondary N) is 2. The summed E-state index contributed by atoms with van der Waals surface area (Å²) >= 11 is 0. The van der Waals surface area contributed by atoms with E-state index in [2.05, 4.69) is 10.3 Å². The van der Waals surface area contributed by atoms with Crippen molar-refractivity contribution in [3.05, 3.63) is 24.0 Å². The molecule has 0 bridgehead atoms. The fourth-order valence-corrected chi connectivity index (χ4v) is 2.60. The van der Waals surface area contributed by atoms with E-state index in [1.54, 1.807) is 23.2 Å². The van der Waals surface area contributed by atoms with Crippen molar-refractivity contribution >= 4 is 11.8 Å². The van der Waals surface area contributed by atoms with E-state index in [1.165, 1.54) is 0 Å². The minimum Gasteiger partial charge on any atom is -0.357 e. The fourth-order valence-electron chi connectivity index (χ4n) is 2.60. The summed E-state index contributed by atoms with van der Waals surface area (Å²) in [5.41, 5.74) is 0.597. The number of hydrogen-bond acceptors (Lipinski definition) is 2. The molecule has 0 saturated carbocycles. The topological polar surface area (TPSA) is 65.2 Å². The van der Waals surface area contributed by atoms with Gasteiger partial charge in [0.1, 0.15) is 5.69 Å². The van der Waals surface area contributed by atoms with Crippen LogP contribution in [0.15, 0.2) is 18.3 Å². The highest BCUT2D eigenvalue weighted by atomic mass is 16.2. The van der Waals surface area contributed by atoms with Gasteiger partial charge in [0.2, 0.25) is 5.91 Å². The van der Waals surface area contributed by atoms with Crippen LogP contribution in [0.2, 0.25) is 0 Å². The Morgan fingerprint density at radius 3 is 3.12 bits per heavy atom. The van der Waals surface area contributed by atoms with Crippen LogP contribution in [0.5, 0.6) is 0 Å². The predicted octanol–water partition coefficient (Wildman–Crippen LogP) is 0.118. The Morgan fingerprint density at radius 2 is 2.38 bits per heavy atom. The van der Waals surface area contributed by atoms with Gasteiger partial charge in [0.15, 0.2) is 0 Å². The molecule has 2 aliphatic rings. The minimum absolute atomic E-state index is 0.00556. The van der Waals surface area contributed by atoms with Gasteiger partial charge in [0.05, 0.1) is 12.1 Å². The highest BCUT2D eigenvalue weighted by Crippen LogP contribution is 2.26. The molecule has 0 radical (unpaired) electrons. The average Bonchev–Trinajstić information content (AvgIpc) is 2.90. The Hall–Kier alpha value is -1.78.